The Labute approximate surface area is 285 Å². The molecule has 0 bridgehead atoms. The molecule has 246 valence electrons. The number of pyridine rings is 1. The largest absolute Gasteiger partial charge is 0.457 e. The van der Waals surface area contributed by atoms with Gasteiger partial charge >= 0.3 is 0 Å². The lowest BCUT2D eigenvalue weighted by Gasteiger charge is -2.40. The third-order valence-electron chi connectivity index (χ3n) is 11.3. The van der Waals surface area contributed by atoms with E-state index in [1.165, 1.54) is 44.3 Å². The highest BCUT2D eigenvalue weighted by atomic mass is 16.5. The Hall–Kier alpha value is -4.64. The van der Waals surface area contributed by atoms with Crippen molar-refractivity contribution >= 4 is 21.8 Å². The van der Waals surface area contributed by atoms with Crippen molar-refractivity contribution < 1.29 is 4.74 Å². The van der Waals surface area contributed by atoms with E-state index in [0.29, 0.717) is 23.7 Å². The lowest BCUT2D eigenvalue weighted by atomic mass is 9.64. The fourth-order valence-corrected chi connectivity index (χ4v) is 8.28. The Morgan fingerprint density at radius 3 is 2.29 bits per heavy atom. The van der Waals surface area contributed by atoms with Crippen molar-refractivity contribution in [1.29, 1.82) is 0 Å². The molecule has 7 rings (SSSR count). The average molecular weight is 637 g/mol. The molecule has 1 unspecified atom stereocenters. The van der Waals surface area contributed by atoms with Gasteiger partial charge in [0.15, 0.2) is 0 Å². The smallest absolute Gasteiger partial charge is 0.137 e. The zero-order chi connectivity index (χ0) is 33.9. The van der Waals surface area contributed by atoms with Gasteiger partial charge in [0.05, 0.1) is 22.4 Å². The van der Waals surface area contributed by atoms with E-state index in [0.717, 1.165) is 52.6 Å². The summed E-state index contributed by atoms with van der Waals surface area (Å²) >= 11 is 0. The van der Waals surface area contributed by atoms with Crippen LogP contribution in [0.1, 0.15) is 82.0 Å². The van der Waals surface area contributed by atoms with Crippen LogP contribution in [0.5, 0.6) is 11.5 Å². The van der Waals surface area contributed by atoms with Crippen molar-refractivity contribution in [2.45, 2.75) is 81.1 Å². The summed E-state index contributed by atoms with van der Waals surface area (Å²) in [5.74, 6) is 4.66. The van der Waals surface area contributed by atoms with Crippen molar-refractivity contribution in [3.63, 3.8) is 0 Å². The van der Waals surface area contributed by atoms with Gasteiger partial charge in [-0.2, -0.15) is 5.10 Å². The van der Waals surface area contributed by atoms with Crippen LogP contribution < -0.4 is 4.74 Å². The van der Waals surface area contributed by atoms with Gasteiger partial charge in [-0.3, -0.25) is 4.57 Å². The molecule has 3 aromatic carbocycles. The normalized spacial score (nSPS) is 19.9. The first-order valence-electron chi connectivity index (χ1n) is 17.6. The first-order chi connectivity index (χ1) is 23.1. The molecule has 0 fully saturated rings. The first kappa shape index (κ1) is 31.9. The molecule has 1 aliphatic rings. The summed E-state index contributed by atoms with van der Waals surface area (Å²) in [6, 6.07) is 25.7. The summed E-state index contributed by atoms with van der Waals surface area (Å²) in [6.07, 6.45) is 3.91. The van der Waals surface area contributed by atoms with Crippen LogP contribution in [-0.2, 0) is 6.42 Å². The summed E-state index contributed by atoms with van der Waals surface area (Å²) < 4.78 is 11.1. The van der Waals surface area contributed by atoms with Crippen molar-refractivity contribution in [3.05, 3.63) is 118 Å². The van der Waals surface area contributed by atoms with Gasteiger partial charge in [-0.05, 0) is 112 Å². The van der Waals surface area contributed by atoms with E-state index in [4.69, 9.17) is 14.8 Å². The third-order valence-corrected chi connectivity index (χ3v) is 11.3. The van der Waals surface area contributed by atoms with E-state index in [1.54, 1.807) is 0 Å². The molecule has 0 spiro atoms. The van der Waals surface area contributed by atoms with Crippen molar-refractivity contribution in [1.82, 2.24) is 19.3 Å². The van der Waals surface area contributed by atoms with E-state index in [-0.39, 0.29) is 0 Å². The van der Waals surface area contributed by atoms with Crippen LogP contribution in [-0.4, -0.2) is 19.3 Å². The molecule has 3 aromatic heterocycles. The Balaban J connectivity index is 1.31. The minimum Gasteiger partial charge on any atom is -0.457 e. The van der Waals surface area contributed by atoms with Crippen LogP contribution >= 0.6 is 0 Å². The lowest BCUT2D eigenvalue weighted by molar-refractivity contribution is 0.256. The van der Waals surface area contributed by atoms with Crippen molar-refractivity contribution in [2.75, 3.05) is 0 Å². The van der Waals surface area contributed by atoms with Gasteiger partial charge < -0.3 is 4.74 Å². The predicted octanol–water partition coefficient (Wildman–Crippen LogP) is 11.4. The lowest BCUT2D eigenvalue weighted by Crippen LogP contribution is -2.30. The first-order valence-corrected chi connectivity index (χ1v) is 17.6. The summed E-state index contributed by atoms with van der Waals surface area (Å²) in [4.78, 5) is 4.75. The summed E-state index contributed by atoms with van der Waals surface area (Å²) in [7, 11) is 0. The fourth-order valence-electron chi connectivity index (χ4n) is 8.28. The molecular weight excluding hydrogens is 589 g/mol. The van der Waals surface area contributed by atoms with Gasteiger partial charge in [0.2, 0.25) is 0 Å². The van der Waals surface area contributed by atoms with E-state index < -0.39 is 0 Å². The van der Waals surface area contributed by atoms with Gasteiger partial charge in [-0.1, -0.05) is 63.5 Å². The molecule has 0 N–H and O–H groups in total. The second-order valence-electron chi connectivity index (χ2n) is 14.3. The van der Waals surface area contributed by atoms with E-state index in [1.807, 2.05) is 12.3 Å². The number of hydrogen-bond donors (Lipinski definition) is 0. The number of rotatable bonds is 7. The molecule has 4 atom stereocenters. The summed E-state index contributed by atoms with van der Waals surface area (Å²) in [6.45, 7) is 20.7. The molecule has 0 aliphatic heterocycles. The number of benzene rings is 3. The summed E-state index contributed by atoms with van der Waals surface area (Å²) in [5.41, 5.74) is 12.4. The van der Waals surface area contributed by atoms with Crippen LogP contribution in [0.25, 0.3) is 33.3 Å². The topological polar surface area (TPSA) is 44.9 Å². The highest BCUT2D eigenvalue weighted by Gasteiger charge is 2.38. The molecule has 5 nitrogen and oxygen atoms in total. The highest BCUT2D eigenvalue weighted by molar-refractivity contribution is 6.09. The molecular formula is C43H48N4O. The number of aryl methyl sites for hydroxylation is 3. The maximum absolute atomic E-state index is 6.73. The van der Waals surface area contributed by atoms with Crippen LogP contribution in [0, 0.1) is 38.5 Å². The van der Waals surface area contributed by atoms with E-state index >= 15 is 0 Å². The predicted molar refractivity (Wildman–Crippen MR) is 199 cm³/mol. The number of para-hydroxylation sites is 1. The van der Waals surface area contributed by atoms with Crippen LogP contribution in [0.4, 0.5) is 0 Å². The highest BCUT2D eigenvalue weighted by Crippen LogP contribution is 2.48. The second kappa shape index (κ2) is 12.4. The molecule has 48 heavy (non-hydrogen) atoms. The molecule has 0 radical (unpaired) electrons. The van der Waals surface area contributed by atoms with Gasteiger partial charge in [-0.25, -0.2) is 9.67 Å². The molecule has 5 heteroatoms. The monoisotopic (exact) mass is 636 g/mol. The molecule has 0 saturated carbocycles. The Kier molecular flexibility index (Phi) is 8.27. The van der Waals surface area contributed by atoms with Crippen molar-refractivity contribution in [3.8, 4) is 23.0 Å². The average Bonchev–Trinajstić information content (AvgIpc) is 3.56. The number of fused-ring (bicyclic) bond motifs is 3. The molecule has 1 aliphatic carbocycles. The molecule has 6 aromatic rings. The number of ether oxygens (including phenoxy) is 1. The second-order valence-corrected chi connectivity index (χ2v) is 14.3. The van der Waals surface area contributed by atoms with Crippen molar-refractivity contribution in [2.24, 2.45) is 17.8 Å². The van der Waals surface area contributed by atoms with Crippen LogP contribution in [0.3, 0.4) is 0 Å². The maximum Gasteiger partial charge on any atom is 0.137 e. The number of nitrogens with zero attached hydrogens (tertiary/aromatic N) is 4. The Morgan fingerprint density at radius 2 is 1.52 bits per heavy atom. The van der Waals surface area contributed by atoms with E-state index in [9.17, 15) is 0 Å². The summed E-state index contributed by atoms with van der Waals surface area (Å²) in [5, 5.41) is 7.57. The number of allylic oxidation sites excluding steroid dienone is 2. The third kappa shape index (κ3) is 5.34. The number of hydrogen-bond acceptors (Lipinski definition) is 3. The Bertz CT molecular complexity index is 2200. The zero-order valence-corrected chi connectivity index (χ0v) is 29.9. The quantitative estimate of drug-likeness (QED) is 0.164. The van der Waals surface area contributed by atoms with Crippen LogP contribution in [0.2, 0.25) is 0 Å². The SMILES string of the molecule is CCCc1cc(Oc2ccc3c4ccccc4n(-c4cc(C)ccn4)c3c2)cc(-n2nc(C)c([C@@H]3C(C)=C(C)C(C)[C@H](C)[C@@H]3C)c2C)c1. The Morgan fingerprint density at radius 1 is 0.750 bits per heavy atom. The van der Waals surface area contributed by atoms with Gasteiger partial charge in [0.25, 0.3) is 0 Å². The van der Waals surface area contributed by atoms with Gasteiger partial charge in [0, 0.05) is 46.3 Å². The van der Waals surface area contributed by atoms with Gasteiger partial charge in [-0.15, -0.1) is 0 Å². The molecule has 0 saturated heterocycles. The van der Waals surface area contributed by atoms with Gasteiger partial charge in [0.1, 0.15) is 17.3 Å². The fraction of sp³-hybridized carbons (Fsp3) is 0.349. The number of aromatic nitrogens is 4. The molecule has 0 amide bonds. The van der Waals surface area contributed by atoms with E-state index in [2.05, 4.69) is 138 Å². The standard InChI is InChI=1S/C43H48N4O/c1-10-13-33-21-34(47-32(9)43(31(8)45-47)42-29(6)27(4)26(3)28(5)30(42)7)23-36(22-33)48-35-16-17-38-37-14-11-12-15-39(37)46(40(38)24-35)41-20-25(2)18-19-44-41/h11-12,14-24,26-27,29,42H,10,13H2,1-9H3/t26?,27-,29-,42-/m0/s1. The maximum atomic E-state index is 6.73. The van der Waals surface area contributed by atoms with Crippen LogP contribution in [0.15, 0.2) is 90.1 Å². The minimum absolute atomic E-state index is 0.376. The minimum atomic E-state index is 0.376. The zero-order valence-electron chi connectivity index (χ0n) is 29.9. The molecule has 3 heterocycles.